The maximum absolute atomic E-state index is 6.36. The third-order valence-electron chi connectivity index (χ3n) is 9.61. The Kier molecular flexibility index (Phi) is 7.80. The van der Waals surface area contributed by atoms with E-state index in [1.807, 2.05) is 24.3 Å². The van der Waals surface area contributed by atoms with E-state index in [2.05, 4.69) is 167 Å². The first kappa shape index (κ1) is 30.5. The number of furan rings is 1. The summed E-state index contributed by atoms with van der Waals surface area (Å²) in [7, 11) is 0. The van der Waals surface area contributed by atoms with Gasteiger partial charge >= 0.3 is 0 Å². The van der Waals surface area contributed by atoms with Gasteiger partial charge in [-0.1, -0.05) is 133 Å². The second kappa shape index (κ2) is 13.0. The van der Waals surface area contributed by atoms with Gasteiger partial charge in [-0.2, -0.15) is 0 Å². The molecule has 0 aliphatic heterocycles. The Labute approximate surface area is 295 Å². The molecule has 2 heterocycles. The Morgan fingerprint density at radius 1 is 0.627 bits per heavy atom. The highest BCUT2D eigenvalue weighted by molar-refractivity contribution is 6.24. The molecule has 9 aromatic rings. The minimum absolute atomic E-state index is 0.401. The number of hydrogen-bond donors (Lipinski definition) is 1. The predicted octanol–water partition coefficient (Wildman–Crippen LogP) is 11.3. The van der Waals surface area contributed by atoms with E-state index >= 15 is 0 Å². The highest BCUT2D eigenvalue weighted by atomic mass is 16.3. The Balaban J connectivity index is 1.19. The van der Waals surface area contributed by atoms with Crippen molar-refractivity contribution < 1.29 is 4.42 Å². The monoisotopic (exact) mass is 658 g/mol. The van der Waals surface area contributed by atoms with Gasteiger partial charge in [-0.15, -0.1) is 0 Å². The highest BCUT2D eigenvalue weighted by Gasteiger charge is 2.20. The molecule has 0 saturated heterocycles. The number of hydrogen-bond acceptors (Lipinski definition) is 3. The van der Waals surface area contributed by atoms with Gasteiger partial charge in [0.25, 0.3) is 0 Å². The lowest BCUT2D eigenvalue weighted by atomic mass is 10.0. The van der Waals surface area contributed by atoms with Crippen molar-refractivity contribution in [3.05, 3.63) is 187 Å². The Bertz CT molecular complexity index is 2710. The zero-order valence-corrected chi connectivity index (χ0v) is 27.9. The number of aromatic nitrogens is 1. The molecule has 7 aromatic carbocycles. The largest absolute Gasteiger partial charge is 0.456 e. The number of nitrogens with one attached hydrogen (secondary N) is 1. The zero-order chi connectivity index (χ0) is 34.1. The maximum Gasteiger partial charge on any atom is 0.155 e. The maximum atomic E-state index is 6.36. The summed E-state index contributed by atoms with van der Waals surface area (Å²) in [6.45, 7) is 4.57. The molecule has 2 aromatic heterocycles. The molecular weight excluding hydrogens is 625 g/mol. The molecule has 0 amide bonds. The molecule has 0 aliphatic carbocycles. The summed E-state index contributed by atoms with van der Waals surface area (Å²) in [5.41, 5.74) is 10.4. The van der Waals surface area contributed by atoms with Gasteiger partial charge in [-0.05, 0) is 65.4 Å². The first-order valence-electron chi connectivity index (χ1n) is 17.2. The van der Waals surface area contributed by atoms with Crippen LogP contribution in [0.4, 0.5) is 0 Å². The van der Waals surface area contributed by atoms with Crippen molar-refractivity contribution in [3.8, 4) is 16.8 Å². The molecule has 0 aliphatic rings. The van der Waals surface area contributed by atoms with Crippen LogP contribution in [-0.4, -0.2) is 17.1 Å². The van der Waals surface area contributed by atoms with Gasteiger partial charge in [0, 0.05) is 34.0 Å². The minimum atomic E-state index is -0.401. The molecule has 244 valence electrons. The number of nitrogens with zero attached hydrogens (tertiary/aromatic N) is 3. The molecule has 0 radical (unpaired) electrons. The van der Waals surface area contributed by atoms with Crippen molar-refractivity contribution in [2.45, 2.75) is 12.7 Å². The fourth-order valence-corrected chi connectivity index (χ4v) is 7.19. The predicted molar refractivity (Wildman–Crippen MR) is 212 cm³/mol. The van der Waals surface area contributed by atoms with Crippen molar-refractivity contribution >= 4 is 56.3 Å². The molecule has 51 heavy (non-hydrogen) atoms. The number of fused-ring (bicyclic) bond motifs is 7. The second-order valence-electron chi connectivity index (χ2n) is 12.7. The van der Waals surface area contributed by atoms with Crippen LogP contribution < -0.4 is 5.32 Å². The molecule has 1 N–H and O–H groups in total. The van der Waals surface area contributed by atoms with Crippen LogP contribution in [-0.2, 0) is 6.54 Å². The van der Waals surface area contributed by atoms with Crippen LogP contribution in [0.5, 0.6) is 0 Å². The highest BCUT2D eigenvalue weighted by Crippen LogP contribution is 2.41. The lowest BCUT2D eigenvalue weighted by Gasteiger charge is -2.18. The number of amidine groups is 1. The summed E-state index contributed by atoms with van der Waals surface area (Å²) in [4.78, 5) is 9.67. The number of aliphatic imine (C=N–C) groups is 2. The smallest absolute Gasteiger partial charge is 0.155 e. The van der Waals surface area contributed by atoms with Gasteiger partial charge in [0.05, 0.1) is 16.4 Å². The molecule has 0 fully saturated rings. The van der Waals surface area contributed by atoms with Crippen molar-refractivity contribution in [3.63, 3.8) is 0 Å². The average molecular weight is 659 g/mol. The van der Waals surface area contributed by atoms with Crippen LogP contribution in [0.25, 0.3) is 60.6 Å². The summed E-state index contributed by atoms with van der Waals surface area (Å²) < 4.78 is 8.72. The third kappa shape index (κ3) is 5.60. The zero-order valence-electron chi connectivity index (χ0n) is 27.9. The summed E-state index contributed by atoms with van der Waals surface area (Å²) >= 11 is 0. The first-order valence-corrected chi connectivity index (χ1v) is 17.2. The summed E-state index contributed by atoms with van der Waals surface area (Å²) in [5, 5.41) is 8.31. The van der Waals surface area contributed by atoms with E-state index in [0.29, 0.717) is 12.4 Å². The van der Waals surface area contributed by atoms with Crippen molar-refractivity contribution in [2.75, 3.05) is 0 Å². The van der Waals surface area contributed by atoms with Crippen LogP contribution in [0.2, 0.25) is 0 Å². The van der Waals surface area contributed by atoms with Crippen LogP contribution in [0.1, 0.15) is 22.9 Å². The topological polar surface area (TPSA) is 54.8 Å². The van der Waals surface area contributed by atoms with Gasteiger partial charge in [0.15, 0.2) is 5.84 Å². The molecular formula is C46H34N4O. The summed E-state index contributed by atoms with van der Waals surface area (Å²) in [6, 6.07) is 58.9. The Hall–Kier alpha value is -6.56. The van der Waals surface area contributed by atoms with E-state index in [0.717, 1.165) is 55.3 Å². The van der Waals surface area contributed by atoms with E-state index in [1.165, 1.54) is 21.9 Å². The van der Waals surface area contributed by atoms with Crippen LogP contribution in [0, 0.1) is 0 Å². The lowest BCUT2D eigenvalue weighted by molar-refractivity contribution is 0.554. The van der Waals surface area contributed by atoms with Gasteiger partial charge in [-0.25, -0.2) is 9.98 Å². The van der Waals surface area contributed by atoms with Crippen molar-refractivity contribution in [1.29, 1.82) is 0 Å². The van der Waals surface area contributed by atoms with Crippen molar-refractivity contribution in [1.82, 2.24) is 9.88 Å². The normalized spacial score (nSPS) is 12.6. The minimum Gasteiger partial charge on any atom is -0.456 e. The SMILES string of the molecule is C=N/C(=N\C(NCc1ccccc1)c1cccc(-n2c3ccccc3c3ccc4oc5ccccc5c4c32)c1)c1ccc(-c2ccccc2)cc1. The van der Waals surface area contributed by atoms with Crippen LogP contribution in [0.15, 0.2) is 184 Å². The fraction of sp³-hybridized carbons (Fsp3) is 0.0435. The van der Waals surface area contributed by atoms with E-state index in [9.17, 15) is 0 Å². The third-order valence-corrected chi connectivity index (χ3v) is 9.61. The summed E-state index contributed by atoms with van der Waals surface area (Å²) in [6.07, 6.45) is -0.401. The standard InChI is InChI=1S/C46H34N4O/c1-47-45(34-25-23-33(24-26-34)32-15-6-3-7-16-32)49-46(48-30-31-13-4-2-5-14-31)35-17-12-18-36(29-35)50-40-21-10-8-19-37(40)38-27-28-42-43(44(38)50)39-20-9-11-22-41(39)51-42/h2-29,46,48H,1,30H2/b49-45-. The number of para-hydroxylation sites is 2. The molecule has 0 bridgehead atoms. The molecule has 1 unspecified atom stereocenters. The van der Waals surface area contributed by atoms with Gasteiger partial charge in [0.1, 0.15) is 17.3 Å². The second-order valence-corrected chi connectivity index (χ2v) is 12.7. The van der Waals surface area contributed by atoms with Gasteiger partial charge in [-0.3, -0.25) is 5.32 Å². The molecule has 5 heteroatoms. The van der Waals surface area contributed by atoms with Gasteiger partial charge in [0.2, 0.25) is 0 Å². The van der Waals surface area contributed by atoms with E-state index in [-0.39, 0.29) is 0 Å². The van der Waals surface area contributed by atoms with Crippen molar-refractivity contribution in [2.24, 2.45) is 9.98 Å². The van der Waals surface area contributed by atoms with Gasteiger partial charge < -0.3 is 8.98 Å². The average Bonchev–Trinajstić information content (AvgIpc) is 3.75. The molecule has 9 rings (SSSR count). The van der Waals surface area contributed by atoms with E-state index in [1.54, 1.807) is 0 Å². The molecule has 0 saturated carbocycles. The quantitative estimate of drug-likeness (QED) is 0.130. The van der Waals surface area contributed by atoms with E-state index < -0.39 is 6.17 Å². The molecule has 1 atom stereocenters. The summed E-state index contributed by atoms with van der Waals surface area (Å²) in [5.74, 6) is 0.578. The lowest BCUT2D eigenvalue weighted by Crippen LogP contribution is -2.21. The van der Waals surface area contributed by atoms with Crippen LogP contribution in [0.3, 0.4) is 0 Å². The Morgan fingerprint density at radius 3 is 2.14 bits per heavy atom. The number of benzene rings is 7. The van der Waals surface area contributed by atoms with Crippen LogP contribution >= 0.6 is 0 Å². The fourth-order valence-electron chi connectivity index (χ4n) is 7.19. The molecule has 0 spiro atoms. The first-order chi connectivity index (χ1) is 25.2. The number of rotatable bonds is 8. The molecule has 5 nitrogen and oxygen atoms in total. The Morgan fingerprint density at radius 2 is 1.33 bits per heavy atom. The van der Waals surface area contributed by atoms with E-state index in [4.69, 9.17) is 9.41 Å².